The van der Waals surface area contributed by atoms with Crippen molar-refractivity contribution in [2.45, 2.75) is 32.9 Å². The molecule has 0 aliphatic carbocycles. The van der Waals surface area contributed by atoms with Gasteiger partial charge in [0, 0.05) is 19.6 Å². The summed E-state index contributed by atoms with van der Waals surface area (Å²) in [4.78, 5) is 11.9. The molecule has 1 aromatic rings. The van der Waals surface area contributed by atoms with Crippen molar-refractivity contribution in [2.24, 2.45) is 0 Å². The lowest BCUT2D eigenvalue weighted by atomic mass is 10.4. The van der Waals surface area contributed by atoms with E-state index >= 15 is 0 Å². The molecule has 1 atom stereocenters. The fourth-order valence-corrected chi connectivity index (χ4v) is 1.73. The smallest absolute Gasteiger partial charge is 0.287 e. The second kappa shape index (κ2) is 7.47. The molecule has 0 bridgehead atoms. The summed E-state index contributed by atoms with van der Waals surface area (Å²) in [5, 5.41) is 19.4. The molecule has 7 heteroatoms. The Hall–Kier alpha value is -1.11. The highest BCUT2D eigenvalue weighted by atomic mass is 35.5. The molecule has 1 aromatic heterocycles. The van der Waals surface area contributed by atoms with Crippen molar-refractivity contribution in [3.05, 3.63) is 21.6 Å². The molecule has 0 aliphatic heterocycles. The van der Waals surface area contributed by atoms with Crippen LogP contribution in [0, 0.1) is 0 Å². The van der Waals surface area contributed by atoms with Crippen LogP contribution in [-0.4, -0.2) is 40.6 Å². The molecule has 0 saturated carbocycles. The van der Waals surface area contributed by atoms with E-state index in [1.807, 2.05) is 13.8 Å². The third-order valence-corrected chi connectivity index (χ3v) is 2.85. The van der Waals surface area contributed by atoms with Crippen LogP contribution in [0.2, 0.25) is 5.02 Å². The maximum atomic E-state index is 11.9. The molecule has 0 fully saturated rings. The first-order valence-electron chi connectivity index (χ1n) is 6.33. The third kappa shape index (κ3) is 4.81. The van der Waals surface area contributed by atoms with Crippen LogP contribution in [0.15, 0.2) is 11.0 Å². The summed E-state index contributed by atoms with van der Waals surface area (Å²) in [6, 6.07) is -0.0215. The average Bonchev–Trinajstić information content (AvgIpc) is 2.33. The molecule has 0 spiro atoms. The highest BCUT2D eigenvalue weighted by Gasteiger charge is 2.10. The fraction of sp³-hybridized carbons (Fsp3) is 0.667. The van der Waals surface area contributed by atoms with Crippen LogP contribution in [0.1, 0.15) is 26.8 Å². The van der Waals surface area contributed by atoms with Gasteiger partial charge in [-0.2, -0.15) is 5.10 Å². The van der Waals surface area contributed by atoms with Crippen molar-refractivity contribution in [2.75, 3.05) is 25.0 Å². The number of hydrogen-bond acceptors (Lipinski definition) is 5. The molecule has 1 rings (SSSR count). The normalized spacial score (nSPS) is 12.7. The number of aromatic nitrogens is 2. The lowest BCUT2D eigenvalue weighted by Crippen LogP contribution is -2.30. The summed E-state index contributed by atoms with van der Waals surface area (Å²) in [5.74, 6) is 0. The molecule has 108 valence electrons. The molecular weight excluding hydrogens is 268 g/mol. The minimum atomic E-state index is -0.375. The zero-order valence-corrected chi connectivity index (χ0v) is 12.2. The molecule has 0 saturated heterocycles. The van der Waals surface area contributed by atoms with Gasteiger partial charge in [-0.1, -0.05) is 11.6 Å². The quantitative estimate of drug-likeness (QED) is 0.649. The SMILES string of the molecule is CC(O)CNCCNc1cnn(C(C)C)c(=O)c1Cl. The van der Waals surface area contributed by atoms with Crippen LogP contribution >= 0.6 is 11.6 Å². The molecule has 0 radical (unpaired) electrons. The van der Waals surface area contributed by atoms with Gasteiger partial charge in [-0.05, 0) is 20.8 Å². The molecule has 19 heavy (non-hydrogen) atoms. The Morgan fingerprint density at radius 2 is 2.11 bits per heavy atom. The van der Waals surface area contributed by atoms with Crippen molar-refractivity contribution < 1.29 is 5.11 Å². The highest BCUT2D eigenvalue weighted by molar-refractivity contribution is 6.32. The van der Waals surface area contributed by atoms with Crippen LogP contribution in [0.3, 0.4) is 0 Å². The first kappa shape index (κ1) is 15.9. The third-order valence-electron chi connectivity index (χ3n) is 2.49. The molecule has 0 aliphatic rings. The summed E-state index contributed by atoms with van der Waals surface area (Å²) >= 11 is 6.01. The number of aliphatic hydroxyl groups is 1. The Bertz CT molecular complexity index is 460. The van der Waals surface area contributed by atoms with Gasteiger partial charge in [0.1, 0.15) is 5.02 Å². The van der Waals surface area contributed by atoms with E-state index in [1.54, 1.807) is 13.1 Å². The Balaban J connectivity index is 2.56. The van der Waals surface area contributed by atoms with E-state index in [1.165, 1.54) is 4.68 Å². The molecule has 0 aromatic carbocycles. The second-order valence-corrected chi connectivity index (χ2v) is 5.07. The van der Waals surface area contributed by atoms with E-state index in [0.717, 1.165) is 0 Å². The van der Waals surface area contributed by atoms with Gasteiger partial charge in [0.25, 0.3) is 5.56 Å². The predicted molar refractivity (Wildman–Crippen MR) is 76.9 cm³/mol. The van der Waals surface area contributed by atoms with Crippen molar-refractivity contribution in [1.29, 1.82) is 0 Å². The maximum absolute atomic E-state index is 11.9. The molecule has 1 unspecified atom stereocenters. The van der Waals surface area contributed by atoms with Crippen molar-refractivity contribution in [3.63, 3.8) is 0 Å². The monoisotopic (exact) mass is 288 g/mol. The number of rotatable bonds is 7. The number of nitrogens with one attached hydrogen (secondary N) is 2. The summed E-state index contributed by atoms with van der Waals surface area (Å²) < 4.78 is 1.35. The van der Waals surface area contributed by atoms with E-state index in [0.29, 0.717) is 25.3 Å². The number of hydrogen-bond donors (Lipinski definition) is 3. The topological polar surface area (TPSA) is 79.2 Å². The van der Waals surface area contributed by atoms with E-state index in [-0.39, 0.29) is 22.7 Å². The number of anilines is 1. The van der Waals surface area contributed by atoms with E-state index in [9.17, 15) is 4.79 Å². The summed E-state index contributed by atoms with van der Waals surface area (Å²) in [7, 11) is 0. The maximum Gasteiger partial charge on any atom is 0.287 e. The Kier molecular flexibility index (Phi) is 6.27. The van der Waals surface area contributed by atoms with Gasteiger partial charge in [0.05, 0.1) is 24.0 Å². The first-order chi connectivity index (χ1) is 8.93. The van der Waals surface area contributed by atoms with E-state index in [2.05, 4.69) is 15.7 Å². The number of aliphatic hydroxyl groups excluding tert-OH is 1. The minimum Gasteiger partial charge on any atom is -0.392 e. The van der Waals surface area contributed by atoms with Crippen LogP contribution < -0.4 is 16.2 Å². The minimum absolute atomic E-state index is 0.0215. The summed E-state index contributed by atoms with van der Waals surface area (Å²) in [6.07, 6.45) is 1.18. The van der Waals surface area contributed by atoms with E-state index in [4.69, 9.17) is 16.7 Å². The van der Waals surface area contributed by atoms with Gasteiger partial charge in [-0.15, -0.1) is 0 Å². The molecule has 1 heterocycles. The van der Waals surface area contributed by atoms with Gasteiger partial charge in [0.2, 0.25) is 0 Å². The van der Waals surface area contributed by atoms with Gasteiger partial charge >= 0.3 is 0 Å². The molecule has 6 nitrogen and oxygen atoms in total. The standard InChI is InChI=1S/C12H21ClN4O2/c1-8(2)17-12(19)11(13)10(7-16-17)15-5-4-14-6-9(3)18/h7-9,14-15,18H,4-6H2,1-3H3. The Morgan fingerprint density at radius 3 is 2.68 bits per heavy atom. The van der Waals surface area contributed by atoms with E-state index < -0.39 is 0 Å². The highest BCUT2D eigenvalue weighted by Crippen LogP contribution is 2.15. The zero-order chi connectivity index (χ0) is 14.4. The lowest BCUT2D eigenvalue weighted by molar-refractivity contribution is 0.192. The zero-order valence-electron chi connectivity index (χ0n) is 11.5. The van der Waals surface area contributed by atoms with Gasteiger partial charge in [0.15, 0.2) is 0 Å². The largest absolute Gasteiger partial charge is 0.392 e. The van der Waals surface area contributed by atoms with Gasteiger partial charge in [-0.3, -0.25) is 4.79 Å². The molecule has 0 amide bonds. The van der Waals surface area contributed by atoms with Gasteiger partial charge < -0.3 is 15.7 Å². The summed E-state index contributed by atoms with van der Waals surface area (Å²) in [6.45, 7) is 7.25. The number of nitrogens with zero attached hydrogens (tertiary/aromatic N) is 2. The fourth-order valence-electron chi connectivity index (χ4n) is 1.53. The first-order valence-corrected chi connectivity index (χ1v) is 6.71. The van der Waals surface area contributed by atoms with Crippen LogP contribution in [0.5, 0.6) is 0 Å². The summed E-state index contributed by atoms with van der Waals surface area (Å²) in [5.41, 5.74) is 0.237. The second-order valence-electron chi connectivity index (χ2n) is 4.70. The van der Waals surface area contributed by atoms with Crippen LogP contribution in [0.4, 0.5) is 5.69 Å². The average molecular weight is 289 g/mol. The predicted octanol–water partition coefficient (Wildman–Crippen LogP) is 0.860. The Labute approximate surface area is 117 Å². The van der Waals surface area contributed by atoms with Crippen LogP contribution in [-0.2, 0) is 0 Å². The van der Waals surface area contributed by atoms with Crippen molar-refractivity contribution in [3.8, 4) is 0 Å². The lowest BCUT2D eigenvalue weighted by Gasteiger charge is -2.12. The molecular formula is C12H21ClN4O2. The van der Waals surface area contributed by atoms with Crippen molar-refractivity contribution >= 4 is 17.3 Å². The van der Waals surface area contributed by atoms with Gasteiger partial charge in [-0.25, -0.2) is 4.68 Å². The number of halogens is 1. The molecule has 3 N–H and O–H groups in total. The van der Waals surface area contributed by atoms with Crippen molar-refractivity contribution in [1.82, 2.24) is 15.1 Å². The Morgan fingerprint density at radius 1 is 1.42 bits per heavy atom. The van der Waals surface area contributed by atoms with Crippen LogP contribution in [0.25, 0.3) is 0 Å².